The molecule has 5 heterocycles. The Morgan fingerprint density at radius 3 is 1.80 bits per heavy atom. The van der Waals surface area contributed by atoms with E-state index in [2.05, 4.69) is 27.7 Å². The van der Waals surface area contributed by atoms with E-state index < -0.39 is 123 Å². The molecule has 0 amide bonds. The zero-order chi connectivity index (χ0) is 45.8. The van der Waals surface area contributed by atoms with Crippen molar-refractivity contribution < 1.29 is 93.8 Å². The fourth-order valence-electron chi connectivity index (χ4n) is 14.4. The lowest BCUT2D eigenvalue weighted by molar-refractivity contribution is -0.381. The van der Waals surface area contributed by atoms with Gasteiger partial charge in [0.25, 0.3) is 0 Å². The molecule has 0 aromatic carbocycles. The number of Topliss-reactive ketones (excluding diaryl/α,β-unsaturated/α-hetero) is 1. The molecule has 5 aliphatic heterocycles. The number of hydrogen-bond donors (Lipinski definition) is 10. The van der Waals surface area contributed by atoms with Gasteiger partial charge >= 0.3 is 0 Å². The maximum atomic E-state index is 14.6. The summed E-state index contributed by atoms with van der Waals surface area (Å²) in [5, 5.41) is 106. The number of carbonyl (C=O) groups excluding carboxylic acids is 1. The number of rotatable bonds is 9. The van der Waals surface area contributed by atoms with Gasteiger partial charge in [-0.25, -0.2) is 0 Å². The van der Waals surface area contributed by atoms with Crippen molar-refractivity contribution in [1.29, 1.82) is 0 Å². The lowest BCUT2D eigenvalue weighted by Gasteiger charge is -2.60. The number of fused-ring (bicyclic) bond motifs is 7. The lowest BCUT2D eigenvalue weighted by Crippen LogP contribution is -2.66. The summed E-state index contributed by atoms with van der Waals surface area (Å²) in [7, 11) is 0. The molecule has 64 heavy (non-hydrogen) atoms. The van der Waals surface area contributed by atoms with Crippen LogP contribution in [0.4, 0.5) is 0 Å². The third kappa shape index (κ3) is 7.67. The highest BCUT2D eigenvalue weighted by atomic mass is 16.8. The molecular weight excluding hydrogens is 844 g/mol. The Bertz CT molecular complexity index is 1640. The maximum Gasteiger partial charge on any atom is 0.187 e. The molecule has 5 saturated heterocycles. The van der Waals surface area contributed by atoms with E-state index in [1.54, 1.807) is 0 Å². The molecule has 27 atom stereocenters. The molecule has 0 aromatic heterocycles. The molecule has 0 aromatic rings. The van der Waals surface area contributed by atoms with Crippen molar-refractivity contribution in [2.24, 2.45) is 52.3 Å². The van der Waals surface area contributed by atoms with Crippen LogP contribution in [0.15, 0.2) is 0 Å². The van der Waals surface area contributed by atoms with Gasteiger partial charge in [0, 0.05) is 30.1 Å². The van der Waals surface area contributed by atoms with E-state index in [1.807, 2.05) is 0 Å². The zero-order valence-corrected chi connectivity index (χ0v) is 37.2. The van der Waals surface area contributed by atoms with Crippen LogP contribution >= 0.6 is 0 Å². The van der Waals surface area contributed by atoms with Gasteiger partial charge in [-0.05, 0) is 80.0 Å². The molecule has 9 fully saturated rings. The van der Waals surface area contributed by atoms with E-state index in [9.17, 15) is 55.9 Å². The number of hydrogen-bond acceptors (Lipinski definition) is 19. The van der Waals surface area contributed by atoms with Crippen LogP contribution in [0.25, 0.3) is 0 Å². The predicted octanol–water partition coefficient (Wildman–Crippen LogP) is -1.55. The highest BCUT2D eigenvalue weighted by Gasteiger charge is 2.72. The van der Waals surface area contributed by atoms with E-state index in [-0.39, 0.29) is 47.2 Å². The molecule has 10 N–H and O–H groups in total. The third-order valence-corrected chi connectivity index (χ3v) is 18.1. The fraction of sp³-hybridized carbons (Fsp3) is 0.978. The van der Waals surface area contributed by atoms with Gasteiger partial charge in [0.1, 0.15) is 79.0 Å². The van der Waals surface area contributed by atoms with Crippen LogP contribution < -0.4 is 0 Å². The largest absolute Gasteiger partial charge is 0.394 e. The van der Waals surface area contributed by atoms with E-state index in [0.29, 0.717) is 43.5 Å². The summed E-state index contributed by atoms with van der Waals surface area (Å²) in [5.41, 5.74) is -0.539. The Hall–Kier alpha value is -1.05. The minimum atomic E-state index is -1.92. The van der Waals surface area contributed by atoms with Crippen LogP contribution in [0.2, 0.25) is 0 Å². The Balaban J connectivity index is 0.811. The van der Waals surface area contributed by atoms with Crippen molar-refractivity contribution in [3.8, 4) is 0 Å². The molecule has 9 rings (SSSR count). The Morgan fingerprint density at radius 2 is 1.22 bits per heavy atom. The quantitative estimate of drug-likeness (QED) is 0.117. The van der Waals surface area contributed by atoms with E-state index >= 15 is 0 Å². The van der Waals surface area contributed by atoms with Gasteiger partial charge in [0.05, 0.1) is 38.6 Å². The predicted molar refractivity (Wildman–Crippen MR) is 216 cm³/mol. The van der Waals surface area contributed by atoms with Gasteiger partial charge in [-0.2, -0.15) is 0 Å². The summed E-state index contributed by atoms with van der Waals surface area (Å²) < 4.78 is 48.3. The molecule has 0 bridgehead atoms. The smallest absolute Gasteiger partial charge is 0.187 e. The van der Waals surface area contributed by atoms with Gasteiger partial charge in [-0.15, -0.1) is 0 Å². The summed E-state index contributed by atoms with van der Waals surface area (Å²) in [5.74, 6) is 1.71. The van der Waals surface area contributed by atoms with E-state index in [4.69, 9.17) is 37.9 Å². The van der Waals surface area contributed by atoms with Crippen LogP contribution in [0, 0.1) is 52.3 Å². The van der Waals surface area contributed by atoms with Crippen molar-refractivity contribution in [1.82, 2.24) is 0 Å². The number of carbonyl (C=O) groups is 1. The second-order valence-electron chi connectivity index (χ2n) is 21.4. The highest BCUT2D eigenvalue weighted by molar-refractivity contribution is 5.87. The van der Waals surface area contributed by atoms with Gasteiger partial charge in [-0.3, -0.25) is 4.79 Å². The van der Waals surface area contributed by atoms with Crippen LogP contribution in [0.1, 0.15) is 85.5 Å². The first-order valence-electron chi connectivity index (χ1n) is 23.8. The normalized spacial score (nSPS) is 57.5. The van der Waals surface area contributed by atoms with Crippen molar-refractivity contribution in [3.63, 3.8) is 0 Å². The van der Waals surface area contributed by atoms with Crippen LogP contribution in [-0.4, -0.2) is 193 Å². The minimum absolute atomic E-state index is 0.0187. The average molecular weight is 917 g/mol. The molecule has 19 heteroatoms. The number of aliphatic hydroxyl groups is 10. The fourth-order valence-corrected chi connectivity index (χ4v) is 14.4. The van der Waals surface area contributed by atoms with E-state index in [0.717, 1.165) is 38.5 Å². The Labute approximate surface area is 373 Å². The summed E-state index contributed by atoms with van der Waals surface area (Å²) >= 11 is 0. The summed E-state index contributed by atoms with van der Waals surface area (Å²) in [6, 6.07) is 0. The van der Waals surface area contributed by atoms with Gasteiger partial charge in [0.15, 0.2) is 24.7 Å². The first-order valence-corrected chi connectivity index (χ1v) is 23.8. The first kappa shape index (κ1) is 48.0. The SMILES string of the molecule is C[C@@H]1CC[C@@]2(OC1)O[C@H]1C[C@H]3[C@@H]4CC[C@H]5C[C@@H](O[C@@H]6O[C@H](CO)[C@H](O[C@@H]7O[C@H](CO)[C@@H](O[C@@H]8O[C@H](CO)[C@@H](O)[C@H](O)[C@H]8O)[C@H](O)[C@H]7O)[C@H](O)[C@H]6O)CC[C@]5(C)[C@H]4CC(=O)[C@]3(C)[C@H]1[C@@H]2C. The molecular formula is C45H72O19. The van der Waals surface area contributed by atoms with Crippen LogP contribution in [-0.2, 0) is 42.7 Å². The molecule has 0 radical (unpaired) electrons. The summed E-state index contributed by atoms with van der Waals surface area (Å²) in [6.07, 6.45) is -17.4. The monoisotopic (exact) mass is 916 g/mol. The van der Waals surface area contributed by atoms with Crippen molar-refractivity contribution in [3.05, 3.63) is 0 Å². The Morgan fingerprint density at radius 1 is 0.641 bits per heavy atom. The molecule has 19 nitrogen and oxygen atoms in total. The van der Waals surface area contributed by atoms with Gasteiger partial charge in [0.2, 0.25) is 0 Å². The summed E-state index contributed by atoms with van der Waals surface area (Å²) in [6.45, 7) is 7.45. The number of ketones is 1. The molecule has 9 aliphatic rings. The minimum Gasteiger partial charge on any atom is -0.394 e. The maximum absolute atomic E-state index is 14.6. The number of ether oxygens (including phenoxy) is 8. The summed E-state index contributed by atoms with van der Waals surface area (Å²) in [4.78, 5) is 14.6. The van der Waals surface area contributed by atoms with Crippen molar-refractivity contribution >= 4 is 5.78 Å². The number of aliphatic hydroxyl groups excluding tert-OH is 10. The average Bonchev–Trinajstić information content (AvgIpc) is 3.73. The molecule has 1 spiro atoms. The van der Waals surface area contributed by atoms with Crippen LogP contribution in [0.5, 0.6) is 0 Å². The lowest BCUT2D eigenvalue weighted by atomic mass is 9.44. The highest BCUT2D eigenvalue weighted by Crippen LogP contribution is 2.70. The second kappa shape index (κ2) is 18.0. The first-order chi connectivity index (χ1) is 30.4. The van der Waals surface area contributed by atoms with Gasteiger partial charge in [-0.1, -0.05) is 27.7 Å². The molecule has 0 unspecified atom stereocenters. The molecule has 366 valence electrons. The van der Waals surface area contributed by atoms with Crippen molar-refractivity contribution in [2.45, 2.75) is 196 Å². The topological polar surface area (TPSA) is 293 Å². The van der Waals surface area contributed by atoms with Gasteiger partial charge < -0.3 is 89.0 Å². The van der Waals surface area contributed by atoms with Crippen molar-refractivity contribution in [2.75, 3.05) is 26.4 Å². The molecule has 4 saturated carbocycles. The zero-order valence-electron chi connectivity index (χ0n) is 37.2. The van der Waals surface area contributed by atoms with E-state index in [1.165, 1.54) is 0 Å². The standard InChI is InChI=1S/C45H72O19/c1-18-7-10-45(57-17-18)19(2)30-25(64-45)12-24-22-6-5-20-11-21(8-9-43(20,3)23(22)13-29(49)44(24,30)4)58-40-36(55)33(52)38(27(15-47)60-40)63-42-37(56)34(53)39(28(16-48)61-42)62-41-35(54)32(51)31(50)26(14-46)59-41/h18-28,30-42,46-48,50-56H,5-17H2,1-4H3/t18-,19+,20+,21+,22-,23+,24+,25+,26-,27-,28-,30+,31-,32+,33-,34-,35-,36-,37-,38+,39-,40-,41+,42+,43+,44-,45-/m1/s1. The third-order valence-electron chi connectivity index (χ3n) is 18.1. The van der Waals surface area contributed by atoms with Crippen LogP contribution in [0.3, 0.4) is 0 Å². The molecule has 4 aliphatic carbocycles. The Kier molecular flexibility index (Phi) is 13.5. The second-order valence-corrected chi connectivity index (χ2v) is 21.4.